The molecule has 3 aromatic rings. The molecule has 134 valence electrons. The molecule has 0 radical (unpaired) electrons. The van der Waals surface area contributed by atoms with Gasteiger partial charge in [0.05, 0.1) is 6.61 Å². The monoisotopic (exact) mass is 351 g/mol. The topological polar surface area (TPSA) is 105 Å². The van der Waals surface area contributed by atoms with E-state index < -0.39 is 6.03 Å². The summed E-state index contributed by atoms with van der Waals surface area (Å²) in [6.45, 7) is 2.80. The van der Waals surface area contributed by atoms with E-state index in [1.54, 1.807) is 12.1 Å². The number of amides is 2. The quantitative estimate of drug-likeness (QED) is 0.417. The van der Waals surface area contributed by atoms with Gasteiger partial charge in [-0.15, -0.1) is 5.11 Å². The first-order valence-electron chi connectivity index (χ1n) is 8.49. The maximum atomic E-state index is 12.0. The second-order valence-electron chi connectivity index (χ2n) is 5.79. The van der Waals surface area contributed by atoms with Gasteiger partial charge in [0.25, 0.3) is 0 Å². The molecule has 0 aliphatic heterocycles. The summed E-state index contributed by atoms with van der Waals surface area (Å²) in [5, 5.41) is 12.0. The van der Waals surface area contributed by atoms with Gasteiger partial charge in [-0.1, -0.05) is 42.7 Å². The number of nitrogens with two attached hydrogens (primary N) is 1. The lowest BCUT2D eigenvalue weighted by Gasteiger charge is -2.06. The number of hydrogen-bond donors (Lipinski definition) is 3. The van der Waals surface area contributed by atoms with Crippen LogP contribution in [-0.2, 0) is 0 Å². The van der Waals surface area contributed by atoms with Crippen LogP contribution in [0.2, 0.25) is 0 Å². The summed E-state index contributed by atoms with van der Waals surface area (Å²) in [5.74, 6) is 1.72. The van der Waals surface area contributed by atoms with Crippen LogP contribution in [0.25, 0.3) is 10.8 Å². The Bertz CT molecular complexity index is 915. The van der Waals surface area contributed by atoms with Gasteiger partial charge in [-0.3, -0.25) is 0 Å². The van der Waals surface area contributed by atoms with Gasteiger partial charge in [0.2, 0.25) is 0 Å². The number of azo groups is 1. The molecule has 0 aliphatic carbocycles. The molecular weight excluding hydrogens is 330 g/mol. The number of aromatic nitrogens is 1. The highest BCUT2D eigenvalue weighted by Crippen LogP contribution is 2.30. The fraction of sp³-hybridized carbons (Fsp3) is 0.211. The van der Waals surface area contributed by atoms with E-state index in [0.717, 1.165) is 29.4 Å². The first-order chi connectivity index (χ1) is 12.7. The van der Waals surface area contributed by atoms with Crippen LogP contribution in [0.15, 0.2) is 58.8 Å². The predicted molar refractivity (Wildman–Crippen MR) is 103 cm³/mol. The van der Waals surface area contributed by atoms with Gasteiger partial charge < -0.3 is 20.8 Å². The highest BCUT2D eigenvalue weighted by Gasteiger charge is 2.07. The number of nitrogens with zero attached hydrogens (tertiary/aromatic N) is 2. The molecule has 4 N–H and O–H groups in total. The van der Waals surface area contributed by atoms with E-state index in [4.69, 9.17) is 10.5 Å². The number of unbranched alkanes of at least 4 members (excludes halogenated alkanes) is 1. The van der Waals surface area contributed by atoms with Crippen molar-refractivity contribution in [3.63, 3.8) is 0 Å². The van der Waals surface area contributed by atoms with Crippen molar-refractivity contribution in [1.82, 2.24) is 4.98 Å². The molecule has 0 atom stereocenters. The van der Waals surface area contributed by atoms with Crippen LogP contribution in [0.3, 0.4) is 0 Å². The molecule has 0 unspecified atom stereocenters. The molecule has 0 bridgehead atoms. The number of carbonyl (C=O) groups excluding carboxylic acids is 1. The van der Waals surface area contributed by atoms with E-state index in [1.165, 1.54) is 0 Å². The van der Waals surface area contributed by atoms with Crippen LogP contribution < -0.4 is 15.8 Å². The van der Waals surface area contributed by atoms with Crippen LogP contribution in [0.1, 0.15) is 19.8 Å². The summed E-state index contributed by atoms with van der Waals surface area (Å²) in [7, 11) is 0. The van der Waals surface area contributed by atoms with Crippen LogP contribution in [0.5, 0.6) is 5.75 Å². The molecule has 2 aromatic carbocycles. The summed E-state index contributed by atoms with van der Waals surface area (Å²) in [5.41, 5.74) is 6.51. The normalized spacial score (nSPS) is 11.1. The number of nitrogens with one attached hydrogen (secondary N) is 2. The second-order valence-corrected chi connectivity index (χ2v) is 5.79. The maximum absolute atomic E-state index is 12.0. The minimum Gasteiger partial charge on any atom is -0.494 e. The van der Waals surface area contributed by atoms with Gasteiger partial charge in [0.15, 0.2) is 5.82 Å². The number of urea groups is 1. The van der Waals surface area contributed by atoms with Gasteiger partial charge in [-0.25, -0.2) is 4.79 Å². The predicted octanol–water partition coefficient (Wildman–Crippen LogP) is 5.24. The standard InChI is InChI=1S/C19H21N5O2/c1-2-3-12-26-14-10-8-13(9-11-14)21-19(25)24-23-18-16-7-5-4-6-15(16)17(20)22-18/h4-11,22H,2-3,12,20H2,1H3,(H,21,25). The van der Waals surface area contributed by atoms with Crippen molar-refractivity contribution >= 4 is 34.1 Å². The highest BCUT2D eigenvalue weighted by molar-refractivity contribution is 5.99. The summed E-state index contributed by atoms with van der Waals surface area (Å²) < 4.78 is 5.58. The maximum Gasteiger partial charge on any atom is 0.364 e. The van der Waals surface area contributed by atoms with Crippen molar-refractivity contribution in [3.05, 3.63) is 48.5 Å². The summed E-state index contributed by atoms with van der Waals surface area (Å²) in [4.78, 5) is 14.9. The lowest BCUT2D eigenvalue weighted by Crippen LogP contribution is -2.05. The Kier molecular flexibility index (Phi) is 5.48. The van der Waals surface area contributed by atoms with E-state index in [9.17, 15) is 4.79 Å². The van der Waals surface area contributed by atoms with Crippen molar-refractivity contribution in [1.29, 1.82) is 0 Å². The third-order valence-corrected chi connectivity index (χ3v) is 3.84. The Morgan fingerprint density at radius 1 is 1.15 bits per heavy atom. The smallest absolute Gasteiger partial charge is 0.364 e. The minimum atomic E-state index is -0.568. The molecule has 0 spiro atoms. The molecule has 3 rings (SSSR count). The zero-order chi connectivity index (χ0) is 18.4. The van der Waals surface area contributed by atoms with E-state index in [-0.39, 0.29) is 0 Å². The zero-order valence-corrected chi connectivity index (χ0v) is 14.5. The first-order valence-corrected chi connectivity index (χ1v) is 8.49. The number of ether oxygens (including phenoxy) is 1. The minimum absolute atomic E-state index is 0.452. The lowest BCUT2D eigenvalue weighted by molar-refractivity contribution is 0.258. The number of hydrogen-bond acceptors (Lipinski definition) is 4. The second kappa shape index (κ2) is 8.15. The van der Waals surface area contributed by atoms with Gasteiger partial charge in [-0.05, 0) is 30.7 Å². The highest BCUT2D eigenvalue weighted by atomic mass is 16.5. The van der Waals surface area contributed by atoms with Crippen molar-refractivity contribution in [2.45, 2.75) is 19.8 Å². The van der Waals surface area contributed by atoms with Crippen LogP contribution >= 0.6 is 0 Å². The number of aromatic amines is 1. The van der Waals surface area contributed by atoms with Crippen LogP contribution in [-0.4, -0.2) is 17.6 Å². The SMILES string of the molecule is CCCCOc1ccc(NC(=O)N=Nc2[nH]c(N)c3ccccc23)cc1. The van der Waals surface area contributed by atoms with Gasteiger partial charge in [0.1, 0.15) is 11.6 Å². The zero-order valence-electron chi connectivity index (χ0n) is 14.5. The van der Waals surface area contributed by atoms with Crippen molar-refractivity contribution < 1.29 is 9.53 Å². The van der Waals surface area contributed by atoms with E-state index in [2.05, 4.69) is 27.5 Å². The van der Waals surface area contributed by atoms with Gasteiger partial charge in [-0.2, -0.15) is 0 Å². The largest absolute Gasteiger partial charge is 0.494 e. The number of benzene rings is 2. The fourth-order valence-corrected chi connectivity index (χ4v) is 2.48. The average Bonchev–Trinajstić information content (AvgIpc) is 2.98. The van der Waals surface area contributed by atoms with Crippen LogP contribution in [0.4, 0.5) is 22.1 Å². The number of carbonyl (C=O) groups is 1. The molecular formula is C19H21N5O2. The summed E-state index contributed by atoms with van der Waals surface area (Å²) in [6, 6.07) is 14.1. The molecule has 2 amide bonds. The molecule has 0 fully saturated rings. The molecule has 7 nitrogen and oxygen atoms in total. The van der Waals surface area contributed by atoms with Crippen molar-refractivity contribution in [3.8, 4) is 5.75 Å². The van der Waals surface area contributed by atoms with Gasteiger partial charge >= 0.3 is 6.03 Å². The van der Waals surface area contributed by atoms with Crippen LogP contribution in [0, 0.1) is 0 Å². The average molecular weight is 351 g/mol. The van der Waals surface area contributed by atoms with E-state index in [0.29, 0.717) is 23.9 Å². The summed E-state index contributed by atoms with van der Waals surface area (Å²) >= 11 is 0. The molecule has 1 heterocycles. The molecule has 1 aromatic heterocycles. The summed E-state index contributed by atoms with van der Waals surface area (Å²) in [6.07, 6.45) is 2.09. The molecule has 0 aliphatic rings. The van der Waals surface area contributed by atoms with E-state index >= 15 is 0 Å². The number of nitrogen functional groups attached to an aromatic ring is 1. The van der Waals surface area contributed by atoms with Gasteiger partial charge in [0, 0.05) is 16.5 Å². The lowest BCUT2D eigenvalue weighted by atomic mass is 10.2. The molecule has 0 saturated carbocycles. The number of rotatable bonds is 6. The first kappa shape index (κ1) is 17.5. The number of fused-ring (bicyclic) bond motifs is 1. The molecule has 7 heteroatoms. The fourth-order valence-electron chi connectivity index (χ4n) is 2.48. The Morgan fingerprint density at radius 2 is 1.88 bits per heavy atom. The van der Waals surface area contributed by atoms with E-state index in [1.807, 2.05) is 36.4 Å². The molecule has 26 heavy (non-hydrogen) atoms. The Labute approximate surface area is 151 Å². The van der Waals surface area contributed by atoms with Crippen molar-refractivity contribution in [2.75, 3.05) is 17.7 Å². The Morgan fingerprint density at radius 3 is 2.62 bits per heavy atom. The third kappa shape index (κ3) is 4.18. The Hall–Kier alpha value is -3.35. The van der Waals surface area contributed by atoms with Crippen molar-refractivity contribution in [2.24, 2.45) is 10.2 Å². The number of anilines is 2. The molecule has 0 saturated heterocycles. The third-order valence-electron chi connectivity index (χ3n) is 3.84. The number of H-pyrrole nitrogens is 1. The Balaban J connectivity index is 1.62.